The fraction of sp³-hybridized carbons (Fsp3) is 0.0909. The molecule has 0 unspecified atom stereocenters. The van der Waals surface area contributed by atoms with Crippen molar-refractivity contribution in [2.45, 2.75) is 6.92 Å². The molecule has 0 saturated carbocycles. The van der Waals surface area contributed by atoms with E-state index in [9.17, 15) is 9.59 Å². The average molecular weight is 269 g/mol. The first-order valence-corrected chi connectivity index (χ1v) is 5.99. The van der Waals surface area contributed by atoms with Crippen LogP contribution in [0.15, 0.2) is 35.1 Å². The Labute approximate surface area is 107 Å². The summed E-state index contributed by atoms with van der Waals surface area (Å²) in [6, 6.07) is 7.77. The van der Waals surface area contributed by atoms with Gasteiger partial charge in [0.1, 0.15) is 0 Å². The van der Waals surface area contributed by atoms with Gasteiger partial charge in [-0.25, -0.2) is 4.79 Å². The molecule has 4 nitrogen and oxygen atoms in total. The molecular formula is C11H9ClN2O2S. The zero-order valence-electron chi connectivity index (χ0n) is 8.94. The molecule has 17 heavy (non-hydrogen) atoms. The Morgan fingerprint density at radius 3 is 2.71 bits per heavy atom. The number of hydrogen-bond acceptors (Lipinski definition) is 3. The van der Waals surface area contributed by atoms with Crippen LogP contribution < -0.4 is 10.9 Å². The molecule has 6 heteroatoms. The molecule has 2 aromatic rings. The minimum Gasteiger partial charge on any atom is -0.305 e. The number of benzene rings is 1. The van der Waals surface area contributed by atoms with Crippen molar-refractivity contribution in [2.24, 2.45) is 0 Å². The molecule has 0 bridgehead atoms. The van der Waals surface area contributed by atoms with Crippen molar-refractivity contribution in [1.29, 1.82) is 0 Å². The Morgan fingerprint density at radius 2 is 2.12 bits per heavy atom. The van der Waals surface area contributed by atoms with Gasteiger partial charge in [0.05, 0.1) is 10.7 Å². The molecule has 88 valence electrons. The summed E-state index contributed by atoms with van der Waals surface area (Å²) in [5.41, 5.74) is 0.147. The van der Waals surface area contributed by atoms with Gasteiger partial charge in [0.25, 0.3) is 5.56 Å². The monoisotopic (exact) mass is 268 g/mol. The van der Waals surface area contributed by atoms with Crippen LogP contribution in [0.4, 0.5) is 10.5 Å². The van der Waals surface area contributed by atoms with E-state index in [0.717, 1.165) is 20.4 Å². The topological polar surface area (TPSA) is 51.1 Å². The van der Waals surface area contributed by atoms with Crippen molar-refractivity contribution >= 4 is 34.9 Å². The standard InChI is InChI=1S/C11H9ClN2O2S/c1-7-6-10(15)14(17-7)11(16)13-9-5-3-2-4-8(9)12/h2-6H,1H3,(H,13,16). The molecule has 2 rings (SSSR count). The zero-order valence-corrected chi connectivity index (χ0v) is 10.5. The highest BCUT2D eigenvalue weighted by atomic mass is 35.5. The van der Waals surface area contributed by atoms with Gasteiger partial charge in [-0.1, -0.05) is 35.3 Å². The molecular weight excluding hydrogens is 260 g/mol. The van der Waals surface area contributed by atoms with E-state index >= 15 is 0 Å². The van der Waals surface area contributed by atoms with Crippen molar-refractivity contribution in [2.75, 3.05) is 5.32 Å². The van der Waals surface area contributed by atoms with Gasteiger partial charge in [-0.3, -0.25) is 4.79 Å². The highest BCUT2D eigenvalue weighted by Gasteiger charge is 2.11. The lowest BCUT2D eigenvalue weighted by Crippen LogP contribution is -2.26. The molecule has 0 spiro atoms. The molecule has 1 aromatic carbocycles. The quantitative estimate of drug-likeness (QED) is 0.864. The maximum atomic E-state index is 11.8. The number of carbonyl (C=O) groups excluding carboxylic acids is 1. The van der Waals surface area contributed by atoms with E-state index in [0.29, 0.717) is 10.7 Å². The highest BCUT2D eigenvalue weighted by molar-refractivity contribution is 7.07. The van der Waals surface area contributed by atoms with E-state index in [1.807, 2.05) is 0 Å². The Kier molecular flexibility index (Phi) is 3.31. The molecule has 1 N–H and O–H groups in total. The van der Waals surface area contributed by atoms with Crippen LogP contribution in [-0.2, 0) is 0 Å². The number of para-hydroxylation sites is 1. The van der Waals surface area contributed by atoms with Crippen LogP contribution in [0.25, 0.3) is 0 Å². The Balaban J connectivity index is 2.26. The molecule has 0 aliphatic carbocycles. The van der Waals surface area contributed by atoms with Gasteiger partial charge in [-0.15, -0.1) is 0 Å². The van der Waals surface area contributed by atoms with Crippen LogP contribution in [0.3, 0.4) is 0 Å². The minimum absolute atomic E-state index is 0.336. The maximum absolute atomic E-state index is 11.8. The minimum atomic E-state index is -0.499. The van der Waals surface area contributed by atoms with Crippen LogP contribution in [0.2, 0.25) is 5.02 Å². The molecule has 1 amide bonds. The highest BCUT2D eigenvalue weighted by Crippen LogP contribution is 2.20. The first kappa shape index (κ1) is 11.9. The number of amides is 1. The van der Waals surface area contributed by atoms with Crippen molar-refractivity contribution in [3.8, 4) is 0 Å². The van der Waals surface area contributed by atoms with Crippen LogP contribution in [0.5, 0.6) is 0 Å². The van der Waals surface area contributed by atoms with E-state index < -0.39 is 6.03 Å². The first-order chi connectivity index (χ1) is 8.08. The van der Waals surface area contributed by atoms with Gasteiger partial charge in [-0.2, -0.15) is 3.96 Å². The molecule has 0 aliphatic rings. The summed E-state index contributed by atoms with van der Waals surface area (Å²) in [5, 5.41) is 3.02. The van der Waals surface area contributed by atoms with Crippen molar-refractivity contribution in [3.63, 3.8) is 0 Å². The van der Waals surface area contributed by atoms with E-state index in [1.165, 1.54) is 6.07 Å². The number of nitrogens with one attached hydrogen (secondary N) is 1. The van der Waals surface area contributed by atoms with E-state index in [2.05, 4.69) is 5.32 Å². The number of carbonyl (C=O) groups is 1. The fourth-order valence-corrected chi connectivity index (χ4v) is 2.21. The van der Waals surface area contributed by atoms with Crippen LogP contribution >= 0.6 is 23.1 Å². The van der Waals surface area contributed by atoms with Gasteiger partial charge in [0.2, 0.25) is 0 Å². The lowest BCUT2D eigenvalue weighted by atomic mass is 10.3. The average Bonchev–Trinajstić information content (AvgIpc) is 2.61. The number of hydrogen-bond donors (Lipinski definition) is 1. The summed E-state index contributed by atoms with van der Waals surface area (Å²) in [6.45, 7) is 1.77. The summed E-state index contributed by atoms with van der Waals surface area (Å²) in [4.78, 5) is 24.0. The summed E-state index contributed by atoms with van der Waals surface area (Å²) in [6.07, 6.45) is 0. The summed E-state index contributed by atoms with van der Waals surface area (Å²) in [5.74, 6) is 0. The molecule has 1 aromatic heterocycles. The van der Waals surface area contributed by atoms with Gasteiger partial charge in [-0.05, 0) is 19.1 Å². The molecule has 0 aliphatic heterocycles. The maximum Gasteiger partial charge on any atom is 0.342 e. The van der Waals surface area contributed by atoms with E-state index in [-0.39, 0.29) is 5.56 Å². The second-order valence-corrected chi connectivity index (χ2v) is 4.99. The Morgan fingerprint density at radius 1 is 1.41 bits per heavy atom. The number of nitrogens with zero attached hydrogens (tertiary/aromatic N) is 1. The lowest BCUT2D eigenvalue weighted by Gasteiger charge is -2.05. The normalized spacial score (nSPS) is 10.2. The second-order valence-electron chi connectivity index (χ2n) is 3.39. The third-order valence-electron chi connectivity index (χ3n) is 2.06. The fourth-order valence-electron chi connectivity index (χ4n) is 1.32. The van der Waals surface area contributed by atoms with E-state index in [1.54, 1.807) is 31.2 Å². The van der Waals surface area contributed by atoms with Gasteiger partial charge in [0, 0.05) is 10.9 Å². The van der Waals surface area contributed by atoms with E-state index in [4.69, 9.17) is 11.6 Å². The summed E-state index contributed by atoms with van der Waals surface area (Å²) < 4.78 is 1.05. The summed E-state index contributed by atoms with van der Waals surface area (Å²) >= 11 is 7.00. The van der Waals surface area contributed by atoms with Crippen molar-refractivity contribution < 1.29 is 4.79 Å². The number of aromatic nitrogens is 1. The summed E-state index contributed by atoms with van der Waals surface area (Å²) in [7, 11) is 0. The number of aryl methyl sites for hydroxylation is 1. The molecule has 0 atom stereocenters. The van der Waals surface area contributed by atoms with Gasteiger partial charge >= 0.3 is 6.03 Å². The molecule has 0 radical (unpaired) electrons. The predicted octanol–water partition coefficient (Wildman–Crippen LogP) is 2.95. The van der Waals surface area contributed by atoms with Crippen LogP contribution in [-0.4, -0.2) is 9.99 Å². The third kappa shape index (κ3) is 2.57. The third-order valence-corrected chi connectivity index (χ3v) is 3.33. The van der Waals surface area contributed by atoms with Crippen molar-refractivity contribution in [1.82, 2.24) is 3.96 Å². The van der Waals surface area contributed by atoms with Crippen molar-refractivity contribution in [3.05, 3.63) is 50.6 Å². The Hall–Kier alpha value is -1.59. The predicted molar refractivity (Wildman–Crippen MR) is 69.2 cm³/mol. The molecule has 1 heterocycles. The van der Waals surface area contributed by atoms with Gasteiger partial charge in [0.15, 0.2) is 0 Å². The molecule has 0 fully saturated rings. The smallest absolute Gasteiger partial charge is 0.305 e. The van der Waals surface area contributed by atoms with Crippen LogP contribution in [0, 0.1) is 6.92 Å². The lowest BCUT2D eigenvalue weighted by molar-refractivity contribution is 0.255. The SMILES string of the molecule is Cc1cc(=O)n(C(=O)Nc2ccccc2Cl)s1. The van der Waals surface area contributed by atoms with Gasteiger partial charge < -0.3 is 5.32 Å². The number of anilines is 1. The second kappa shape index (κ2) is 4.73. The first-order valence-electron chi connectivity index (χ1n) is 4.84. The zero-order chi connectivity index (χ0) is 12.4. The Bertz CT molecular complexity index is 618. The molecule has 0 saturated heterocycles. The largest absolute Gasteiger partial charge is 0.342 e. The van der Waals surface area contributed by atoms with Crippen LogP contribution in [0.1, 0.15) is 4.88 Å². The number of halogens is 1. The number of rotatable bonds is 1.